The normalized spacial score (nSPS) is 16.4. The van der Waals surface area contributed by atoms with Gasteiger partial charge in [0.1, 0.15) is 0 Å². The summed E-state index contributed by atoms with van der Waals surface area (Å²) in [6, 6.07) is 12.3. The van der Waals surface area contributed by atoms with Crippen molar-refractivity contribution in [3.05, 3.63) is 60.2 Å². The van der Waals surface area contributed by atoms with Gasteiger partial charge in [0.15, 0.2) is 0 Å². The molecule has 0 atom stereocenters. The van der Waals surface area contributed by atoms with Crippen LogP contribution in [0.1, 0.15) is 11.4 Å². The first-order valence-corrected chi connectivity index (χ1v) is 13.3. The van der Waals surface area contributed by atoms with Crippen molar-refractivity contribution in [3.8, 4) is 0 Å². The first kappa shape index (κ1) is 35.9. The molecule has 0 spiro atoms. The van der Waals surface area contributed by atoms with Crippen LogP contribution in [0, 0.1) is 20.5 Å². The molecule has 2 N–H and O–H groups in total. The van der Waals surface area contributed by atoms with Crippen molar-refractivity contribution in [1.29, 1.82) is 0 Å². The van der Waals surface area contributed by atoms with Crippen LogP contribution in [0.2, 0.25) is 0 Å². The molecule has 3 rings (SSSR count). The molecule has 0 aliphatic carbocycles. The summed E-state index contributed by atoms with van der Waals surface area (Å²) in [7, 11) is -9.89. The maximum Gasteiger partial charge on any atom is 2.00 e. The summed E-state index contributed by atoms with van der Waals surface area (Å²) in [6.07, 6.45) is 3.75. The van der Waals surface area contributed by atoms with Gasteiger partial charge < -0.3 is 10.6 Å². The Balaban J connectivity index is 0.00000101. The summed E-state index contributed by atoms with van der Waals surface area (Å²) >= 11 is 0. The molecule has 17 heteroatoms. The number of hydrogen-bond acceptors (Lipinski definition) is 14. The third-order valence-corrected chi connectivity index (χ3v) is 4.64. The quantitative estimate of drug-likeness (QED) is 0.303. The molecule has 213 valence electrons. The molecule has 1 saturated heterocycles. The summed E-state index contributed by atoms with van der Waals surface area (Å²) in [6.45, 7) is 10.0. The van der Waals surface area contributed by atoms with E-state index < -0.39 is 20.5 Å². The molecule has 0 unspecified atom stereocenters. The Hall–Kier alpha value is -1.08. The molecule has 1 aliphatic heterocycles. The van der Waals surface area contributed by atoms with Crippen molar-refractivity contribution in [1.82, 2.24) is 30.4 Å². The largest absolute Gasteiger partial charge is 2.00 e. The van der Waals surface area contributed by atoms with Crippen LogP contribution in [0.15, 0.2) is 48.8 Å². The summed E-state index contributed by atoms with van der Waals surface area (Å²) < 4.78 is 67.9. The van der Waals surface area contributed by atoms with E-state index >= 15 is 0 Å². The smallest absolute Gasteiger partial charge is 0.314 e. The third-order valence-electron chi connectivity index (χ3n) is 4.64. The van der Waals surface area contributed by atoms with Gasteiger partial charge >= 0.3 is 17.1 Å². The number of nitrogens with one attached hydrogen (secondary N) is 2. The molecule has 1 aliphatic rings. The molecular formula is C20H30Cl2CuN6O8. The fourth-order valence-corrected chi connectivity index (χ4v) is 3.18. The SMILES string of the molecule is [Cu+2].[O-][Cl+3]([O-])([O-])[O-].[O-][Cl+3]([O-])([O-])[O-].c1ccc(CN2CCNCCN(Cc3ccccn3)CCNCC2)nc1. The monoisotopic (exact) mass is 615 g/mol. The Morgan fingerprint density at radius 2 is 0.892 bits per heavy atom. The molecule has 2 aromatic heterocycles. The predicted molar refractivity (Wildman–Crippen MR) is 105 cm³/mol. The van der Waals surface area contributed by atoms with E-state index in [1.165, 1.54) is 0 Å². The van der Waals surface area contributed by atoms with Gasteiger partial charge in [0.05, 0.1) is 11.4 Å². The molecule has 0 saturated carbocycles. The van der Waals surface area contributed by atoms with Gasteiger partial charge in [-0.2, -0.15) is 0 Å². The Morgan fingerprint density at radius 1 is 0.595 bits per heavy atom. The van der Waals surface area contributed by atoms with Gasteiger partial charge in [0.2, 0.25) is 0 Å². The zero-order valence-corrected chi connectivity index (χ0v) is 22.3. The van der Waals surface area contributed by atoms with Crippen LogP contribution in [-0.4, -0.2) is 72.1 Å². The second kappa shape index (κ2) is 19.9. The number of hydrogen-bond donors (Lipinski definition) is 2. The molecule has 0 amide bonds. The number of rotatable bonds is 4. The fourth-order valence-electron chi connectivity index (χ4n) is 3.18. The molecular weight excluding hydrogens is 587 g/mol. The van der Waals surface area contributed by atoms with Crippen LogP contribution in [0.4, 0.5) is 0 Å². The maximum absolute atomic E-state index is 8.49. The summed E-state index contributed by atoms with van der Waals surface area (Å²) in [4.78, 5) is 13.8. The topological polar surface area (TPSA) is 241 Å². The van der Waals surface area contributed by atoms with Crippen molar-refractivity contribution < 1.29 is 74.8 Å². The molecule has 0 aromatic carbocycles. The van der Waals surface area contributed by atoms with E-state index in [0.29, 0.717) is 0 Å². The van der Waals surface area contributed by atoms with E-state index in [9.17, 15) is 0 Å². The summed E-state index contributed by atoms with van der Waals surface area (Å²) in [5.41, 5.74) is 2.28. The van der Waals surface area contributed by atoms with E-state index in [1.807, 2.05) is 24.5 Å². The molecule has 0 bridgehead atoms. The van der Waals surface area contributed by atoms with Gasteiger partial charge in [0.25, 0.3) is 0 Å². The van der Waals surface area contributed by atoms with Crippen LogP contribution >= 0.6 is 0 Å². The van der Waals surface area contributed by atoms with Gasteiger partial charge in [-0.05, 0) is 24.3 Å². The Morgan fingerprint density at radius 3 is 1.14 bits per heavy atom. The Kier molecular flexibility index (Phi) is 19.3. The number of aromatic nitrogens is 2. The average Bonchev–Trinajstić information content (AvgIpc) is 2.76. The standard InChI is InChI=1S/C20H30N6.2ClHO4.Cu/c1-3-7-23-19(5-1)17-25-13-9-21-11-15-26(16-12-22-10-14-25)18-20-6-2-4-8-24-20;2*2-1(3,4)5;/h1-8,21-22H,9-18H2;2*(H,2,3,4,5);/q;;;+2/p-2. The van der Waals surface area contributed by atoms with Gasteiger partial charge in [-0.1, -0.05) is 12.1 Å². The summed E-state index contributed by atoms with van der Waals surface area (Å²) in [5, 5.41) is 7.18. The van der Waals surface area contributed by atoms with E-state index in [2.05, 4.69) is 54.7 Å². The third kappa shape index (κ3) is 25.0. The minimum absolute atomic E-state index is 0. The van der Waals surface area contributed by atoms with Crippen LogP contribution in [0.25, 0.3) is 0 Å². The minimum atomic E-state index is -4.94. The van der Waals surface area contributed by atoms with Gasteiger partial charge in [-0.3, -0.25) is 19.8 Å². The summed E-state index contributed by atoms with van der Waals surface area (Å²) in [5.74, 6) is 0. The van der Waals surface area contributed by atoms with Crippen LogP contribution in [-0.2, 0) is 30.2 Å². The van der Waals surface area contributed by atoms with Gasteiger partial charge in [-0.15, -0.1) is 20.5 Å². The molecule has 37 heavy (non-hydrogen) atoms. The number of halogens is 2. The van der Waals surface area contributed by atoms with Crippen molar-refractivity contribution in [3.63, 3.8) is 0 Å². The predicted octanol–water partition coefficient (Wildman–Crippen LogP) is -8.54. The molecule has 2 aromatic rings. The van der Waals surface area contributed by atoms with Crippen LogP contribution < -0.4 is 47.9 Å². The van der Waals surface area contributed by atoms with Crippen LogP contribution in [0.5, 0.6) is 0 Å². The second-order valence-electron chi connectivity index (χ2n) is 7.45. The van der Waals surface area contributed by atoms with E-state index in [4.69, 9.17) is 37.3 Å². The number of pyridine rings is 2. The average molecular weight is 617 g/mol. The first-order chi connectivity index (χ1) is 16.9. The van der Waals surface area contributed by atoms with E-state index in [1.54, 1.807) is 0 Å². The second-order valence-corrected chi connectivity index (χ2v) is 8.96. The van der Waals surface area contributed by atoms with Crippen molar-refractivity contribution in [2.45, 2.75) is 13.1 Å². The number of nitrogens with zero attached hydrogens (tertiary/aromatic N) is 4. The zero-order valence-electron chi connectivity index (χ0n) is 19.8. The first-order valence-electron chi connectivity index (χ1n) is 10.8. The van der Waals surface area contributed by atoms with Gasteiger partial charge in [-0.25, -0.2) is 37.3 Å². The Labute approximate surface area is 230 Å². The maximum atomic E-state index is 8.49. The van der Waals surface area contributed by atoms with E-state index in [-0.39, 0.29) is 17.1 Å². The Bertz CT molecular complexity index is 717. The molecule has 1 radical (unpaired) electrons. The zero-order chi connectivity index (χ0) is 26.9. The molecule has 3 heterocycles. The van der Waals surface area contributed by atoms with Gasteiger partial charge in [0, 0.05) is 77.8 Å². The molecule has 1 fully saturated rings. The van der Waals surface area contributed by atoms with Crippen molar-refractivity contribution in [2.75, 3.05) is 52.4 Å². The minimum Gasteiger partial charge on any atom is -0.314 e. The van der Waals surface area contributed by atoms with Crippen LogP contribution in [0.3, 0.4) is 0 Å². The fraction of sp³-hybridized carbons (Fsp3) is 0.500. The molecule has 14 nitrogen and oxygen atoms in total. The van der Waals surface area contributed by atoms with Crippen molar-refractivity contribution in [2.24, 2.45) is 0 Å². The van der Waals surface area contributed by atoms with Crippen molar-refractivity contribution >= 4 is 0 Å². The van der Waals surface area contributed by atoms with E-state index in [0.717, 1.165) is 76.8 Å².